The third kappa shape index (κ3) is 3.34. The normalized spacial score (nSPS) is 12.3. The molecule has 2 rings (SSSR count). The largest absolute Gasteiger partial charge is 0.377 e. The second kappa shape index (κ2) is 6.78. The molecule has 1 unspecified atom stereocenters. The molecule has 124 valence electrons. The number of aryl methyl sites for hydroxylation is 1. The van der Waals surface area contributed by atoms with Crippen molar-refractivity contribution in [2.75, 3.05) is 13.7 Å². The van der Waals surface area contributed by atoms with Gasteiger partial charge in [-0.1, -0.05) is 0 Å². The number of carbonyl (C=O) groups is 1. The summed E-state index contributed by atoms with van der Waals surface area (Å²) < 4.78 is 7.30. The third-order valence-corrected chi connectivity index (χ3v) is 3.98. The number of fused-ring (bicyclic) bond motifs is 1. The van der Waals surface area contributed by atoms with E-state index >= 15 is 0 Å². The quantitative estimate of drug-likeness (QED) is 0.654. The highest BCUT2D eigenvalue weighted by Gasteiger charge is 2.25. The lowest BCUT2D eigenvalue weighted by molar-refractivity contribution is -0.386. The Bertz CT molecular complexity index is 751. The van der Waals surface area contributed by atoms with E-state index < -0.39 is 6.10 Å². The molecule has 1 aromatic heterocycles. The Kier molecular flexibility index (Phi) is 5.00. The molecule has 1 amide bonds. The molecule has 0 aliphatic heterocycles. The molecular formula is C16H21N3O4. The smallest absolute Gasteiger partial charge is 0.275 e. The number of hydrogen-bond acceptors (Lipinski definition) is 4. The highest BCUT2D eigenvalue weighted by Crippen LogP contribution is 2.37. The van der Waals surface area contributed by atoms with Gasteiger partial charge in [0.1, 0.15) is 0 Å². The minimum Gasteiger partial charge on any atom is -0.377 e. The van der Waals surface area contributed by atoms with Crippen LogP contribution in [-0.2, 0) is 23.0 Å². The predicted molar refractivity (Wildman–Crippen MR) is 87.4 cm³/mol. The molecule has 7 heteroatoms. The Morgan fingerprint density at radius 3 is 2.74 bits per heavy atom. The first-order valence-electron chi connectivity index (χ1n) is 7.39. The number of nitro benzene ring substituents is 1. The van der Waals surface area contributed by atoms with Crippen molar-refractivity contribution in [2.45, 2.75) is 26.4 Å². The van der Waals surface area contributed by atoms with Crippen LogP contribution in [0.2, 0.25) is 0 Å². The van der Waals surface area contributed by atoms with E-state index in [9.17, 15) is 14.9 Å². The number of aromatic nitrogens is 1. The number of benzene rings is 1. The van der Waals surface area contributed by atoms with Crippen LogP contribution in [0.15, 0.2) is 18.3 Å². The molecule has 7 nitrogen and oxygen atoms in total. The molecule has 23 heavy (non-hydrogen) atoms. The maximum absolute atomic E-state index is 11.4. The highest BCUT2D eigenvalue weighted by atomic mass is 16.6. The fraction of sp³-hybridized carbons (Fsp3) is 0.438. The molecule has 0 saturated carbocycles. The molecule has 1 atom stereocenters. The van der Waals surface area contributed by atoms with Gasteiger partial charge in [0, 0.05) is 50.8 Å². The number of nitrogens with one attached hydrogen (secondary N) is 1. The lowest BCUT2D eigenvalue weighted by Gasteiger charge is -2.13. The Morgan fingerprint density at radius 1 is 1.48 bits per heavy atom. The van der Waals surface area contributed by atoms with Crippen molar-refractivity contribution in [1.29, 1.82) is 0 Å². The van der Waals surface area contributed by atoms with Gasteiger partial charge < -0.3 is 14.6 Å². The van der Waals surface area contributed by atoms with Crippen molar-refractivity contribution in [3.8, 4) is 0 Å². The number of nitro groups is 1. The van der Waals surface area contributed by atoms with Crippen LogP contribution in [-0.4, -0.2) is 29.1 Å². The van der Waals surface area contributed by atoms with E-state index in [-0.39, 0.29) is 16.5 Å². The van der Waals surface area contributed by atoms with Crippen LogP contribution in [0.3, 0.4) is 0 Å². The summed E-state index contributed by atoms with van der Waals surface area (Å²) in [5.74, 6) is -0.0956. The van der Waals surface area contributed by atoms with Crippen LogP contribution in [0.5, 0.6) is 0 Å². The van der Waals surface area contributed by atoms with Gasteiger partial charge in [0.2, 0.25) is 5.91 Å². The van der Waals surface area contributed by atoms with E-state index in [1.54, 1.807) is 13.0 Å². The van der Waals surface area contributed by atoms with Gasteiger partial charge in [-0.25, -0.2) is 0 Å². The third-order valence-electron chi connectivity index (χ3n) is 3.98. The molecule has 0 aliphatic rings. The van der Waals surface area contributed by atoms with E-state index in [2.05, 4.69) is 5.32 Å². The van der Waals surface area contributed by atoms with Crippen LogP contribution < -0.4 is 5.32 Å². The topological polar surface area (TPSA) is 86.4 Å². The van der Waals surface area contributed by atoms with Crippen molar-refractivity contribution in [3.63, 3.8) is 0 Å². The summed E-state index contributed by atoms with van der Waals surface area (Å²) in [5.41, 5.74) is 2.50. The van der Waals surface area contributed by atoms with Gasteiger partial charge in [-0.2, -0.15) is 0 Å². The number of methoxy groups -OCH3 is 1. The van der Waals surface area contributed by atoms with Crippen molar-refractivity contribution >= 4 is 22.5 Å². The van der Waals surface area contributed by atoms with Crippen LogP contribution in [0.25, 0.3) is 10.9 Å². The van der Waals surface area contributed by atoms with E-state index in [1.165, 1.54) is 20.1 Å². The SMILES string of the molecule is COC(C)c1c([N+](=O)[O-])ccc2c1c(CCNC(C)=O)cn2C. The Morgan fingerprint density at radius 2 is 2.17 bits per heavy atom. The van der Waals surface area contributed by atoms with E-state index in [0.29, 0.717) is 18.5 Å². The van der Waals surface area contributed by atoms with Gasteiger partial charge in [-0.3, -0.25) is 14.9 Å². The first-order chi connectivity index (χ1) is 10.9. The van der Waals surface area contributed by atoms with Crippen LogP contribution >= 0.6 is 0 Å². The summed E-state index contributed by atoms with van der Waals surface area (Å²) in [6.07, 6.45) is 2.14. The van der Waals surface area contributed by atoms with E-state index in [0.717, 1.165) is 16.5 Å². The summed E-state index contributed by atoms with van der Waals surface area (Å²) in [6.45, 7) is 3.75. The predicted octanol–water partition coefficient (Wildman–Crippen LogP) is 2.47. The molecule has 0 aliphatic carbocycles. The maximum atomic E-state index is 11.4. The van der Waals surface area contributed by atoms with Gasteiger partial charge in [-0.15, -0.1) is 0 Å². The second-order valence-corrected chi connectivity index (χ2v) is 5.53. The summed E-state index contributed by atoms with van der Waals surface area (Å²) >= 11 is 0. The number of nitrogens with zero attached hydrogens (tertiary/aromatic N) is 2. The Hall–Kier alpha value is -2.41. The van der Waals surface area contributed by atoms with Crippen molar-refractivity contribution in [3.05, 3.63) is 39.6 Å². The fourth-order valence-electron chi connectivity index (χ4n) is 2.85. The number of carbonyl (C=O) groups excluding carboxylic acids is 1. The zero-order chi connectivity index (χ0) is 17.1. The average molecular weight is 319 g/mol. The van der Waals surface area contributed by atoms with Gasteiger partial charge in [-0.05, 0) is 25.0 Å². The zero-order valence-electron chi connectivity index (χ0n) is 13.8. The lowest BCUT2D eigenvalue weighted by Crippen LogP contribution is -2.22. The number of amides is 1. The molecule has 1 N–H and O–H groups in total. The maximum Gasteiger partial charge on any atom is 0.275 e. The van der Waals surface area contributed by atoms with Crippen molar-refractivity contribution < 1.29 is 14.5 Å². The minimum atomic E-state index is -0.402. The fourth-order valence-corrected chi connectivity index (χ4v) is 2.85. The molecule has 0 bridgehead atoms. The zero-order valence-corrected chi connectivity index (χ0v) is 13.8. The molecular weight excluding hydrogens is 298 g/mol. The standard InChI is InChI=1S/C16H21N3O4/c1-10(23-4)15-14(19(21)22)6-5-13-16(15)12(9-18(13)3)7-8-17-11(2)20/h5-6,9-10H,7-8H2,1-4H3,(H,17,20). The Balaban J connectivity index is 2.61. The number of ether oxygens (including phenoxy) is 1. The molecule has 0 radical (unpaired) electrons. The lowest BCUT2D eigenvalue weighted by atomic mass is 9.99. The van der Waals surface area contributed by atoms with Crippen LogP contribution in [0, 0.1) is 10.1 Å². The van der Waals surface area contributed by atoms with Crippen LogP contribution in [0.4, 0.5) is 5.69 Å². The summed E-state index contributed by atoms with van der Waals surface area (Å²) in [7, 11) is 3.43. The van der Waals surface area contributed by atoms with Crippen molar-refractivity contribution in [1.82, 2.24) is 9.88 Å². The van der Waals surface area contributed by atoms with Crippen molar-refractivity contribution in [2.24, 2.45) is 7.05 Å². The molecule has 0 spiro atoms. The molecule has 0 saturated heterocycles. The Labute approximate surface area is 134 Å². The summed E-state index contributed by atoms with van der Waals surface area (Å²) in [5, 5.41) is 15.0. The first kappa shape index (κ1) is 17.0. The van der Waals surface area contributed by atoms with E-state index in [1.807, 2.05) is 17.8 Å². The summed E-state index contributed by atoms with van der Waals surface area (Å²) in [6, 6.07) is 3.27. The molecule has 1 heterocycles. The molecule has 1 aromatic carbocycles. The monoisotopic (exact) mass is 319 g/mol. The second-order valence-electron chi connectivity index (χ2n) is 5.53. The average Bonchev–Trinajstić information content (AvgIpc) is 2.81. The summed E-state index contributed by atoms with van der Waals surface area (Å²) in [4.78, 5) is 22.1. The highest BCUT2D eigenvalue weighted by molar-refractivity contribution is 5.91. The van der Waals surface area contributed by atoms with Gasteiger partial charge in [0.15, 0.2) is 0 Å². The van der Waals surface area contributed by atoms with Gasteiger partial charge >= 0.3 is 0 Å². The number of rotatable bonds is 6. The number of hydrogen-bond donors (Lipinski definition) is 1. The first-order valence-corrected chi connectivity index (χ1v) is 7.39. The minimum absolute atomic E-state index is 0.0545. The van der Waals surface area contributed by atoms with E-state index in [4.69, 9.17) is 4.74 Å². The molecule has 2 aromatic rings. The van der Waals surface area contributed by atoms with Gasteiger partial charge in [0.25, 0.3) is 5.69 Å². The van der Waals surface area contributed by atoms with Gasteiger partial charge in [0.05, 0.1) is 16.6 Å². The molecule has 0 fully saturated rings. The van der Waals surface area contributed by atoms with Crippen LogP contribution in [0.1, 0.15) is 31.1 Å².